The summed E-state index contributed by atoms with van der Waals surface area (Å²) in [5.41, 5.74) is 3.49. The highest BCUT2D eigenvalue weighted by Crippen LogP contribution is 2.23. The van der Waals surface area contributed by atoms with E-state index in [-0.39, 0.29) is 5.41 Å². The fourth-order valence-corrected chi connectivity index (χ4v) is 5.39. The number of benzene rings is 2. The lowest BCUT2D eigenvalue weighted by Gasteiger charge is -2.52. The summed E-state index contributed by atoms with van der Waals surface area (Å²) in [5.74, 6) is 0. The standard InChI is InChI=1S/C21H22ClN5/c22-19-8-6-17(7-9-19)10-23-24-20(18-4-2-1-3-5-18)21-11-25-14-26(12-21)16-27(13-21)15-25/h1-10H,11-16H2/p+3/b23-10-,24-20+. The van der Waals surface area contributed by atoms with Gasteiger partial charge >= 0.3 is 0 Å². The summed E-state index contributed by atoms with van der Waals surface area (Å²) in [7, 11) is 0. The molecule has 0 aliphatic carbocycles. The van der Waals surface area contributed by atoms with Gasteiger partial charge in [-0.15, -0.1) is 0 Å². The van der Waals surface area contributed by atoms with Crippen molar-refractivity contribution in [3.8, 4) is 0 Å². The van der Waals surface area contributed by atoms with Gasteiger partial charge in [0.25, 0.3) is 0 Å². The van der Waals surface area contributed by atoms with E-state index >= 15 is 0 Å². The lowest BCUT2D eigenvalue weighted by Crippen LogP contribution is -3.56. The first-order valence-corrected chi connectivity index (χ1v) is 10.0. The quantitative estimate of drug-likeness (QED) is 0.435. The van der Waals surface area contributed by atoms with E-state index in [1.54, 1.807) is 14.7 Å². The number of nitrogens with one attached hydrogen (secondary N) is 3. The van der Waals surface area contributed by atoms with Crippen LogP contribution in [-0.4, -0.2) is 51.6 Å². The fourth-order valence-electron chi connectivity index (χ4n) is 5.27. The Morgan fingerprint density at radius 3 is 2.04 bits per heavy atom. The van der Waals surface area contributed by atoms with Gasteiger partial charge in [0.2, 0.25) is 20.0 Å². The van der Waals surface area contributed by atoms with Gasteiger partial charge in [0.1, 0.15) is 19.6 Å². The van der Waals surface area contributed by atoms with Crippen LogP contribution in [0.3, 0.4) is 0 Å². The van der Waals surface area contributed by atoms with Crippen LogP contribution in [0.2, 0.25) is 5.02 Å². The van der Waals surface area contributed by atoms with E-state index in [1.807, 2.05) is 30.5 Å². The molecule has 0 radical (unpaired) electrons. The molecule has 4 heterocycles. The Labute approximate surface area is 164 Å². The molecule has 6 rings (SSSR count). The molecule has 27 heavy (non-hydrogen) atoms. The number of hydrogen-bond donors (Lipinski definition) is 3. The monoisotopic (exact) mass is 382 g/mol. The highest BCUT2D eigenvalue weighted by atomic mass is 35.5. The molecule has 4 fully saturated rings. The summed E-state index contributed by atoms with van der Waals surface area (Å²) in [5, 5.41) is 10.0. The second kappa shape index (κ2) is 6.84. The van der Waals surface area contributed by atoms with Crippen LogP contribution in [0.15, 0.2) is 64.8 Å². The van der Waals surface area contributed by atoms with Crippen molar-refractivity contribution in [2.45, 2.75) is 0 Å². The third kappa shape index (κ3) is 3.32. The van der Waals surface area contributed by atoms with Crippen LogP contribution >= 0.6 is 11.6 Å². The summed E-state index contributed by atoms with van der Waals surface area (Å²) in [6, 6.07) is 18.3. The molecule has 0 amide bonds. The van der Waals surface area contributed by atoms with Crippen LogP contribution in [0.25, 0.3) is 0 Å². The molecule has 0 unspecified atom stereocenters. The first-order chi connectivity index (χ1) is 13.2. The predicted octanol–water partition coefficient (Wildman–Crippen LogP) is -1.28. The third-order valence-corrected chi connectivity index (χ3v) is 6.30. The number of quaternary nitrogens is 3. The van der Waals surface area contributed by atoms with Crippen LogP contribution < -0.4 is 14.7 Å². The Morgan fingerprint density at radius 1 is 0.852 bits per heavy atom. The maximum Gasteiger partial charge on any atom is 0.213 e. The summed E-state index contributed by atoms with van der Waals surface area (Å²) in [6.45, 7) is 7.27. The minimum atomic E-state index is 0.118. The molecule has 138 valence electrons. The zero-order chi connectivity index (χ0) is 18.3. The van der Waals surface area contributed by atoms with Gasteiger partial charge in [0.05, 0.1) is 11.9 Å². The van der Waals surface area contributed by atoms with Crippen molar-refractivity contribution in [1.82, 2.24) is 0 Å². The Kier molecular flexibility index (Phi) is 4.32. The Hall–Kier alpha value is -2.05. The maximum absolute atomic E-state index is 5.97. The molecule has 4 aliphatic heterocycles. The van der Waals surface area contributed by atoms with Gasteiger partial charge in [-0.25, -0.2) is 14.7 Å². The highest BCUT2D eigenvalue weighted by Gasteiger charge is 2.60. The second-order valence-corrected chi connectivity index (χ2v) is 8.64. The van der Waals surface area contributed by atoms with E-state index in [0.717, 1.165) is 16.3 Å². The summed E-state index contributed by atoms with van der Waals surface area (Å²) >= 11 is 5.97. The molecule has 6 heteroatoms. The summed E-state index contributed by atoms with van der Waals surface area (Å²) in [6.07, 6.45) is 1.83. The third-order valence-electron chi connectivity index (χ3n) is 6.05. The SMILES string of the molecule is Clc1ccc(/C=N\N=C(/c2ccccc2)C23C[NH+]4C[NH+](C[NH+](C4)C2)C3)cc1. The lowest BCUT2D eigenvalue weighted by molar-refractivity contribution is -1.30. The minimum absolute atomic E-state index is 0.118. The Morgan fingerprint density at radius 2 is 1.44 bits per heavy atom. The van der Waals surface area contributed by atoms with E-state index in [9.17, 15) is 0 Å². The van der Waals surface area contributed by atoms with Gasteiger partial charge in [-0.3, -0.25) is 0 Å². The van der Waals surface area contributed by atoms with E-state index in [2.05, 4.69) is 35.4 Å². The topological polar surface area (TPSA) is 38.0 Å². The van der Waals surface area contributed by atoms with Gasteiger partial charge in [0.15, 0.2) is 5.41 Å². The molecule has 4 bridgehead atoms. The smallest absolute Gasteiger partial charge is 0.213 e. The summed E-state index contributed by atoms with van der Waals surface area (Å²) in [4.78, 5) is 5.11. The largest absolute Gasteiger partial charge is 0.241 e. The van der Waals surface area contributed by atoms with Crippen LogP contribution in [-0.2, 0) is 0 Å². The van der Waals surface area contributed by atoms with Crippen LogP contribution in [0, 0.1) is 5.41 Å². The normalized spacial score (nSPS) is 32.3. The fraction of sp³-hybridized carbons (Fsp3) is 0.333. The Balaban J connectivity index is 1.51. The van der Waals surface area contributed by atoms with Gasteiger partial charge in [-0.2, -0.15) is 10.2 Å². The first kappa shape index (κ1) is 17.1. The molecule has 3 N–H and O–H groups in total. The molecule has 4 aliphatic rings. The van der Waals surface area contributed by atoms with Crippen molar-refractivity contribution >= 4 is 23.5 Å². The number of halogens is 1. The average Bonchev–Trinajstić information content (AvgIpc) is 2.66. The Bertz CT molecular complexity index is 840. The molecular formula is C21H25ClN5+3. The minimum Gasteiger partial charge on any atom is -0.241 e. The van der Waals surface area contributed by atoms with Crippen LogP contribution in [0.4, 0.5) is 0 Å². The van der Waals surface area contributed by atoms with Gasteiger partial charge in [-0.05, 0) is 23.3 Å². The molecule has 2 aromatic carbocycles. The van der Waals surface area contributed by atoms with Crippen molar-refractivity contribution in [3.63, 3.8) is 0 Å². The number of rotatable bonds is 4. The zero-order valence-electron chi connectivity index (χ0n) is 15.3. The van der Waals surface area contributed by atoms with E-state index in [1.165, 1.54) is 45.2 Å². The zero-order valence-corrected chi connectivity index (χ0v) is 16.0. The van der Waals surface area contributed by atoms with E-state index < -0.39 is 0 Å². The van der Waals surface area contributed by atoms with Crippen molar-refractivity contribution in [3.05, 3.63) is 70.7 Å². The van der Waals surface area contributed by atoms with Gasteiger partial charge in [-0.1, -0.05) is 54.1 Å². The second-order valence-electron chi connectivity index (χ2n) is 8.20. The number of nitrogens with zero attached hydrogens (tertiary/aromatic N) is 2. The molecule has 0 atom stereocenters. The number of hydrogen-bond acceptors (Lipinski definition) is 2. The van der Waals surface area contributed by atoms with Gasteiger partial charge in [0, 0.05) is 5.02 Å². The van der Waals surface area contributed by atoms with Crippen LogP contribution in [0.5, 0.6) is 0 Å². The van der Waals surface area contributed by atoms with Crippen molar-refractivity contribution < 1.29 is 14.7 Å². The van der Waals surface area contributed by atoms with Gasteiger partial charge < -0.3 is 0 Å². The maximum atomic E-state index is 5.97. The molecule has 4 saturated heterocycles. The van der Waals surface area contributed by atoms with Crippen LogP contribution in [0.1, 0.15) is 11.1 Å². The summed E-state index contributed by atoms with van der Waals surface area (Å²) < 4.78 is 0. The van der Waals surface area contributed by atoms with Crippen molar-refractivity contribution in [2.24, 2.45) is 15.6 Å². The predicted molar refractivity (Wildman–Crippen MR) is 107 cm³/mol. The molecule has 2 aromatic rings. The van der Waals surface area contributed by atoms with E-state index in [4.69, 9.17) is 16.7 Å². The average molecular weight is 383 g/mol. The lowest BCUT2D eigenvalue weighted by atomic mass is 9.74. The van der Waals surface area contributed by atoms with Crippen molar-refractivity contribution in [1.29, 1.82) is 0 Å². The molecule has 0 aromatic heterocycles. The van der Waals surface area contributed by atoms with E-state index in [0.29, 0.717) is 0 Å². The highest BCUT2D eigenvalue weighted by molar-refractivity contribution is 6.30. The van der Waals surface area contributed by atoms with Crippen molar-refractivity contribution in [2.75, 3.05) is 39.6 Å². The first-order valence-electron chi connectivity index (χ1n) is 9.63. The molecule has 0 saturated carbocycles. The molecule has 0 spiro atoms. The molecule has 5 nitrogen and oxygen atoms in total. The molecular weight excluding hydrogens is 358 g/mol.